The van der Waals surface area contributed by atoms with Crippen LogP contribution in [0.25, 0.3) is 0 Å². The van der Waals surface area contributed by atoms with E-state index in [1.54, 1.807) is 0 Å². The lowest BCUT2D eigenvalue weighted by Gasteiger charge is -1.95. The molecule has 3 nitrogen and oxygen atoms in total. The van der Waals surface area contributed by atoms with Crippen molar-refractivity contribution in [3.05, 3.63) is 0 Å². The van der Waals surface area contributed by atoms with Crippen molar-refractivity contribution in [3.63, 3.8) is 0 Å². The van der Waals surface area contributed by atoms with Crippen molar-refractivity contribution in [1.82, 2.24) is 5.32 Å². The highest BCUT2D eigenvalue weighted by Gasteiger charge is 1.76. The Kier molecular flexibility index (Phi) is 14.4. The quantitative estimate of drug-likeness (QED) is 0.614. The predicted molar refractivity (Wildman–Crippen MR) is 46.8 cm³/mol. The highest BCUT2D eigenvalue weighted by Crippen LogP contribution is 1.71. The summed E-state index contributed by atoms with van der Waals surface area (Å²) in [7, 11) is 0. The Labute approximate surface area is 68.8 Å². The highest BCUT2D eigenvalue weighted by molar-refractivity contribution is 5.62. The normalized spacial score (nSPS) is 8.27. The van der Waals surface area contributed by atoms with Crippen LogP contribution < -0.4 is 5.32 Å². The first-order valence-corrected chi connectivity index (χ1v) is 4.05. The maximum absolute atomic E-state index is 9.00. The Bertz CT molecular complexity index is 76.2. The molecule has 0 aliphatic carbocycles. The van der Waals surface area contributed by atoms with Gasteiger partial charge in [0.2, 0.25) is 0 Å². The average Bonchev–Trinajstić information content (AvgIpc) is 1.88. The summed E-state index contributed by atoms with van der Waals surface area (Å²) in [6, 6.07) is 0. The summed E-state index contributed by atoms with van der Waals surface area (Å²) in [6.45, 7) is 7.80. The molecule has 0 aliphatic rings. The molecule has 0 aliphatic heterocycles. The summed E-state index contributed by atoms with van der Waals surface area (Å²) in [4.78, 5) is 9.00. The third kappa shape index (κ3) is 44.2. The number of carboxylic acid groups (broad SMARTS) is 1. The molecule has 0 saturated heterocycles. The van der Waals surface area contributed by atoms with Crippen LogP contribution in [0.2, 0.25) is 0 Å². The van der Waals surface area contributed by atoms with Gasteiger partial charge in [-0.2, -0.15) is 0 Å². The Morgan fingerprint density at radius 1 is 1.27 bits per heavy atom. The number of hydrogen-bond donors (Lipinski definition) is 2. The van der Waals surface area contributed by atoms with Crippen molar-refractivity contribution in [3.8, 4) is 0 Å². The summed E-state index contributed by atoms with van der Waals surface area (Å²) in [5, 5.41) is 10.7. The maximum Gasteiger partial charge on any atom is 0.300 e. The standard InChI is InChI=1S/C6H15N.C2H4O2/c1-3-5-7-6-4-2;1-2(3)4/h7H,3-6H2,1-2H3;1H3,(H,3,4). The molecule has 68 valence electrons. The number of hydrogen-bond acceptors (Lipinski definition) is 2. The van der Waals surface area contributed by atoms with Crippen molar-refractivity contribution < 1.29 is 9.90 Å². The molecule has 0 unspecified atom stereocenters. The van der Waals surface area contributed by atoms with E-state index in [-0.39, 0.29) is 0 Å². The second-order valence-corrected chi connectivity index (χ2v) is 2.27. The molecule has 0 heterocycles. The van der Waals surface area contributed by atoms with Gasteiger partial charge in [0.05, 0.1) is 0 Å². The van der Waals surface area contributed by atoms with E-state index in [4.69, 9.17) is 9.90 Å². The summed E-state index contributed by atoms with van der Waals surface area (Å²) >= 11 is 0. The molecule has 0 aromatic carbocycles. The van der Waals surface area contributed by atoms with E-state index in [2.05, 4.69) is 19.2 Å². The van der Waals surface area contributed by atoms with Crippen molar-refractivity contribution in [1.29, 1.82) is 0 Å². The minimum absolute atomic E-state index is 0.833. The first-order chi connectivity index (χ1) is 5.15. The molecule has 0 bridgehead atoms. The maximum atomic E-state index is 9.00. The van der Waals surface area contributed by atoms with Crippen LogP contribution in [0.3, 0.4) is 0 Å². The topological polar surface area (TPSA) is 49.3 Å². The number of carbonyl (C=O) groups is 1. The van der Waals surface area contributed by atoms with Gasteiger partial charge in [-0.3, -0.25) is 4.79 Å². The number of carboxylic acids is 1. The molecule has 0 aromatic rings. The second kappa shape index (κ2) is 12.1. The van der Waals surface area contributed by atoms with Crippen molar-refractivity contribution in [2.45, 2.75) is 33.6 Å². The fraction of sp³-hybridized carbons (Fsp3) is 0.875. The van der Waals surface area contributed by atoms with Crippen LogP contribution in [0.5, 0.6) is 0 Å². The molecule has 2 N–H and O–H groups in total. The lowest BCUT2D eigenvalue weighted by Crippen LogP contribution is -2.14. The molecule has 0 spiro atoms. The highest BCUT2D eigenvalue weighted by atomic mass is 16.4. The van der Waals surface area contributed by atoms with Crippen LogP contribution in [0.4, 0.5) is 0 Å². The van der Waals surface area contributed by atoms with Crippen LogP contribution in [0.1, 0.15) is 33.6 Å². The van der Waals surface area contributed by atoms with Gasteiger partial charge in [-0.25, -0.2) is 0 Å². The molecule has 11 heavy (non-hydrogen) atoms. The molecule has 0 fully saturated rings. The molecular formula is C8H19NO2. The largest absolute Gasteiger partial charge is 0.481 e. The fourth-order valence-corrected chi connectivity index (χ4v) is 0.479. The van der Waals surface area contributed by atoms with E-state index in [9.17, 15) is 0 Å². The summed E-state index contributed by atoms with van der Waals surface area (Å²) in [5.41, 5.74) is 0. The van der Waals surface area contributed by atoms with Crippen molar-refractivity contribution in [2.24, 2.45) is 0 Å². The van der Waals surface area contributed by atoms with Gasteiger partial charge < -0.3 is 10.4 Å². The molecular weight excluding hydrogens is 142 g/mol. The summed E-state index contributed by atoms with van der Waals surface area (Å²) < 4.78 is 0. The average molecular weight is 161 g/mol. The molecule has 3 heteroatoms. The van der Waals surface area contributed by atoms with Gasteiger partial charge in [0.15, 0.2) is 0 Å². The zero-order valence-corrected chi connectivity index (χ0v) is 7.68. The van der Waals surface area contributed by atoms with Crippen molar-refractivity contribution >= 4 is 5.97 Å². The third-order valence-corrected chi connectivity index (χ3v) is 0.854. The van der Waals surface area contributed by atoms with Crippen LogP contribution >= 0.6 is 0 Å². The molecule has 0 aromatic heterocycles. The molecule has 0 atom stereocenters. The minimum Gasteiger partial charge on any atom is -0.481 e. The summed E-state index contributed by atoms with van der Waals surface area (Å²) in [6.07, 6.45) is 2.50. The van der Waals surface area contributed by atoms with E-state index in [0.717, 1.165) is 6.92 Å². The van der Waals surface area contributed by atoms with Gasteiger partial charge in [0, 0.05) is 6.92 Å². The van der Waals surface area contributed by atoms with E-state index in [1.165, 1.54) is 25.9 Å². The van der Waals surface area contributed by atoms with Gasteiger partial charge in [-0.1, -0.05) is 13.8 Å². The van der Waals surface area contributed by atoms with Gasteiger partial charge >= 0.3 is 0 Å². The van der Waals surface area contributed by atoms with E-state index >= 15 is 0 Å². The van der Waals surface area contributed by atoms with E-state index < -0.39 is 5.97 Å². The Hall–Kier alpha value is -0.570. The van der Waals surface area contributed by atoms with Crippen LogP contribution in [-0.2, 0) is 4.79 Å². The van der Waals surface area contributed by atoms with Gasteiger partial charge in [0.1, 0.15) is 0 Å². The van der Waals surface area contributed by atoms with Gasteiger partial charge in [0.25, 0.3) is 5.97 Å². The van der Waals surface area contributed by atoms with Gasteiger partial charge in [-0.15, -0.1) is 0 Å². The lowest BCUT2D eigenvalue weighted by molar-refractivity contribution is -0.134. The molecule has 0 rings (SSSR count). The molecule has 0 amide bonds. The van der Waals surface area contributed by atoms with Crippen LogP contribution in [-0.4, -0.2) is 24.2 Å². The fourth-order valence-electron chi connectivity index (χ4n) is 0.479. The SMILES string of the molecule is CC(=O)O.CCCNCCC. The van der Waals surface area contributed by atoms with Gasteiger partial charge in [-0.05, 0) is 25.9 Å². The second-order valence-electron chi connectivity index (χ2n) is 2.27. The predicted octanol–water partition coefficient (Wildman–Crippen LogP) is 1.49. The lowest BCUT2D eigenvalue weighted by atomic mass is 10.4. The Morgan fingerprint density at radius 2 is 1.55 bits per heavy atom. The number of nitrogens with one attached hydrogen (secondary N) is 1. The van der Waals surface area contributed by atoms with Crippen LogP contribution in [0, 0.1) is 0 Å². The van der Waals surface area contributed by atoms with Crippen molar-refractivity contribution in [2.75, 3.05) is 13.1 Å². The number of rotatable bonds is 4. The Morgan fingerprint density at radius 3 is 1.73 bits per heavy atom. The first kappa shape index (κ1) is 13.1. The van der Waals surface area contributed by atoms with E-state index in [0.29, 0.717) is 0 Å². The Balaban J connectivity index is 0. The smallest absolute Gasteiger partial charge is 0.300 e. The first-order valence-electron chi connectivity index (χ1n) is 4.05. The monoisotopic (exact) mass is 161 g/mol. The van der Waals surface area contributed by atoms with Crippen LogP contribution in [0.15, 0.2) is 0 Å². The minimum atomic E-state index is -0.833. The molecule has 0 saturated carbocycles. The number of aliphatic carboxylic acids is 1. The summed E-state index contributed by atoms with van der Waals surface area (Å²) in [5.74, 6) is -0.833. The van der Waals surface area contributed by atoms with E-state index in [1.807, 2.05) is 0 Å². The zero-order chi connectivity index (χ0) is 9.11. The zero-order valence-electron chi connectivity index (χ0n) is 7.68. The third-order valence-electron chi connectivity index (χ3n) is 0.854. The molecule has 0 radical (unpaired) electrons.